The molecule has 0 radical (unpaired) electrons. The lowest BCUT2D eigenvalue weighted by Gasteiger charge is -2.26. The number of carbonyl (C=O) groups excluding carboxylic acids is 3. The van der Waals surface area contributed by atoms with Gasteiger partial charge in [0.15, 0.2) is 5.75 Å². The normalized spacial score (nSPS) is 18.0. The van der Waals surface area contributed by atoms with E-state index in [4.69, 9.17) is 4.74 Å². The van der Waals surface area contributed by atoms with E-state index in [9.17, 15) is 14.4 Å². The fraction of sp³-hybridized carbons (Fsp3) is 0.148. The Morgan fingerprint density at radius 2 is 1.68 bits per heavy atom. The molecule has 0 bridgehead atoms. The van der Waals surface area contributed by atoms with Gasteiger partial charge in [-0.1, -0.05) is 61.9 Å². The summed E-state index contributed by atoms with van der Waals surface area (Å²) in [6.45, 7) is 2.84. The second kappa shape index (κ2) is 8.86. The summed E-state index contributed by atoms with van der Waals surface area (Å²) >= 11 is 0. The van der Waals surface area contributed by atoms with Crippen molar-refractivity contribution in [1.29, 1.82) is 0 Å². The number of unbranched alkanes of at least 4 members (excludes halogenated alkanes) is 1. The van der Waals surface area contributed by atoms with Crippen LogP contribution in [0, 0.1) is 0 Å². The number of carbonyl (C=O) groups is 3. The fourth-order valence-corrected chi connectivity index (χ4v) is 4.18. The van der Waals surface area contributed by atoms with Crippen molar-refractivity contribution in [2.24, 2.45) is 0 Å². The third kappa shape index (κ3) is 3.71. The van der Waals surface area contributed by atoms with Crippen molar-refractivity contribution >= 4 is 40.0 Å². The predicted molar refractivity (Wildman–Crippen MR) is 130 cm³/mol. The molecule has 4 amide bonds. The quantitative estimate of drug-likeness (QED) is 0.440. The Morgan fingerprint density at radius 3 is 2.47 bits per heavy atom. The number of hydrogen-bond acceptors (Lipinski definition) is 5. The second-order valence-corrected chi connectivity index (χ2v) is 8.06. The fourth-order valence-electron chi connectivity index (χ4n) is 4.18. The van der Waals surface area contributed by atoms with Crippen molar-refractivity contribution in [1.82, 2.24) is 5.32 Å². The number of para-hydroxylation sites is 1. The number of allylic oxidation sites excluding steroid dienone is 2. The average Bonchev–Trinajstić information content (AvgIpc) is 3.21. The van der Waals surface area contributed by atoms with E-state index in [2.05, 4.69) is 29.3 Å². The number of anilines is 2. The van der Waals surface area contributed by atoms with Crippen molar-refractivity contribution < 1.29 is 19.1 Å². The molecule has 7 nitrogen and oxygen atoms in total. The number of hydrogen-bond donors (Lipinski definition) is 1. The van der Waals surface area contributed by atoms with Crippen LogP contribution in [0.1, 0.15) is 19.8 Å². The lowest BCUT2D eigenvalue weighted by atomic mass is 10.1. The van der Waals surface area contributed by atoms with E-state index in [0.29, 0.717) is 11.6 Å². The first-order chi connectivity index (χ1) is 16.6. The van der Waals surface area contributed by atoms with Crippen molar-refractivity contribution in [3.8, 4) is 5.75 Å². The summed E-state index contributed by atoms with van der Waals surface area (Å²) in [5.41, 5.74) is 1.21. The van der Waals surface area contributed by atoms with E-state index in [1.54, 1.807) is 36.4 Å². The average molecular weight is 453 g/mol. The van der Waals surface area contributed by atoms with Crippen molar-refractivity contribution in [2.75, 3.05) is 16.3 Å². The zero-order valence-corrected chi connectivity index (χ0v) is 18.7. The number of benzene rings is 3. The zero-order valence-electron chi connectivity index (χ0n) is 18.7. The molecule has 1 fully saturated rings. The van der Waals surface area contributed by atoms with Gasteiger partial charge in [0, 0.05) is 11.9 Å². The molecule has 34 heavy (non-hydrogen) atoms. The molecule has 0 aromatic heterocycles. The van der Waals surface area contributed by atoms with Gasteiger partial charge in [-0.25, -0.2) is 9.69 Å². The molecule has 2 aliphatic rings. The van der Waals surface area contributed by atoms with Gasteiger partial charge in [-0.3, -0.25) is 14.9 Å². The molecule has 2 heterocycles. The lowest BCUT2D eigenvalue weighted by molar-refractivity contribution is -0.122. The van der Waals surface area contributed by atoms with Gasteiger partial charge in [0.25, 0.3) is 11.8 Å². The van der Waals surface area contributed by atoms with Crippen LogP contribution >= 0.6 is 0 Å². The van der Waals surface area contributed by atoms with Gasteiger partial charge in [-0.15, -0.1) is 0 Å². The molecule has 0 aliphatic carbocycles. The van der Waals surface area contributed by atoms with Crippen LogP contribution in [-0.4, -0.2) is 24.4 Å². The van der Waals surface area contributed by atoms with E-state index >= 15 is 0 Å². The third-order valence-electron chi connectivity index (χ3n) is 5.86. The monoisotopic (exact) mass is 453 g/mol. The number of rotatable bonds is 5. The van der Waals surface area contributed by atoms with E-state index in [0.717, 1.165) is 46.5 Å². The molecular formula is C27H23N3O4. The SMILES string of the molecule is CCCCN1/C(=C/C=C2\C(=O)NC(=O)N(c3ccccc3)C2=O)Oc2ccc3ccccc3c21. The Labute approximate surface area is 196 Å². The molecule has 5 rings (SSSR count). The summed E-state index contributed by atoms with van der Waals surface area (Å²) in [6, 6.07) is 19.8. The highest BCUT2D eigenvalue weighted by Crippen LogP contribution is 2.44. The highest BCUT2D eigenvalue weighted by molar-refractivity contribution is 6.37. The maximum Gasteiger partial charge on any atom is 0.335 e. The molecule has 7 heteroatoms. The molecule has 3 aromatic rings. The Bertz CT molecular complexity index is 1360. The van der Waals surface area contributed by atoms with E-state index < -0.39 is 17.8 Å². The van der Waals surface area contributed by atoms with Gasteiger partial charge >= 0.3 is 6.03 Å². The number of nitrogens with one attached hydrogen (secondary N) is 1. The summed E-state index contributed by atoms with van der Waals surface area (Å²) in [6.07, 6.45) is 4.98. The highest BCUT2D eigenvalue weighted by Gasteiger charge is 2.37. The smallest absolute Gasteiger partial charge is 0.335 e. The number of urea groups is 1. The number of fused-ring (bicyclic) bond motifs is 3. The Hall–Kier alpha value is -4.39. The lowest BCUT2D eigenvalue weighted by Crippen LogP contribution is -2.54. The summed E-state index contributed by atoms with van der Waals surface area (Å²) in [5.74, 6) is -0.172. The molecular weight excluding hydrogens is 430 g/mol. The third-order valence-corrected chi connectivity index (χ3v) is 5.86. The topological polar surface area (TPSA) is 79.0 Å². The Balaban J connectivity index is 1.53. The van der Waals surface area contributed by atoms with Crippen LogP contribution in [0.25, 0.3) is 10.8 Å². The maximum absolute atomic E-state index is 13.1. The molecule has 0 atom stereocenters. The van der Waals surface area contributed by atoms with Gasteiger partial charge in [-0.05, 0) is 42.2 Å². The van der Waals surface area contributed by atoms with Gasteiger partial charge in [0.1, 0.15) is 5.57 Å². The molecule has 0 saturated carbocycles. The van der Waals surface area contributed by atoms with Crippen LogP contribution in [0.4, 0.5) is 16.2 Å². The summed E-state index contributed by atoms with van der Waals surface area (Å²) in [7, 11) is 0. The minimum Gasteiger partial charge on any atom is -0.439 e. The predicted octanol–water partition coefficient (Wildman–Crippen LogP) is 4.89. The van der Waals surface area contributed by atoms with Crippen molar-refractivity contribution in [3.05, 3.63) is 90.3 Å². The van der Waals surface area contributed by atoms with Crippen molar-refractivity contribution in [3.63, 3.8) is 0 Å². The van der Waals surface area contributed by atoms with Crippen LogP contribution < -0.4 is 19.9 Å². The first-order valence-electron chi connectivity index (χ1n) is 11.2. The van der Waals surface area contributed by atoms with Crippen LogP contribution in [0.3, 0.4) is 0 Å². The van der Waals surface area contributed by atoms with Crippen LogP contribution in [0.15, 0.2) is 90.3 Å². The number of nitrogens with zero attached hydrogens (tertiary/aromatic N) is 2. The molecule has 0 unspecified atom stereocenters. The zero-order chi connectivity index (χ0) is 23.7. The van der Waals surface area contributed by atoms with Crippen LogP contribution in [0.2, 0.25) is 0 Å². The number of amides is 4. The minimum absolute atomic E-state index is 0.143. The molecule has 0 spiro atoms. The molecule has 1 N–H and O–H groups in total. The summed E-state index contributed by atoms with van der Waals surface area (Å²) in [5, 5.41) is 4.42. The summed E-state index contributed by atoms with van der Waals surface area (Å²) in [4.78, 5) is 41.0. The first kappa shape index (κ1) is 21.5. The van der Waals surface area contributed by atoms with E-state index in [-0.39, 0.29) is 5.57 Å². The van der Waals surface area contributed by atoms with Gasteiger partial charge in [0.05, 0.1) is 11.4 Å². The molecule has 2 aliphatic heterocycles. The molecule has 3 aromatic carbocycles. The largest absolute Gasteiger partial charge is 0.439 e. The van der Waals surface area contributed by atoms with E-state index in [1.807, 2.05) is 24.3 Å². The maximum atomic E-state index is 13.1. The Kier molecular flexibility index (Phi) is 5.59. The van der Waals surface area contributed by atoms with Gasteiger partial charge < -0.3 is 9.64 Å². The number of barbiturate groups is 1. The van der Waals surface area contributed by atoms with Crippen LogP contribution in [0.5, 0.6) is 5.75 Å². The first-order valence-corrected chi connectivity index (χ1v) is 11.2. The minimum atomic E-state index is -0.772. The van der Waals surface area contributed by atoms with Crippen LogP contribution in [-0.2, 0) is 9.59 Å². The number of ether oxygens (including phenoxy) is 1. The second-order valence-electron chi connectivity index (χ2n) is 8.06. The highest BCUT2D eigenvalue weighted by atomic mass is 16.5. The standard InChI is InChI=1S/C27H23N3O4/c1-2-3-17-29-23(34-22-15-13-18-9-7-8-12-20(18)24(22)29)16-14-21-25(31)28-27(33)30(26(21)32)19-10-5-4-6-11-19/h4-16H,2-3,17H2,1H3,(H,28,31,33)/b21-14+,23-16-. The molecule has 1 saturated heterocycles. The summed E-state index contributed by atoms with van der Waals surface area (Å²) < 4.78 is 6.14. The van der Waals surface area contributed by atoms with Crippen molar-refractivity contribution in [2.45, 2.75) is 19.8 Å². The molecule has 170 valence electrons. The van der Waals surface area contributed by atoms with Gasteiger partial charge in [0.2, 0.25) is 5.88 Å². The number of imide groups is 2. The van der Waals surface area contributed by atoms with Gasteiger partial charge in [-0.2, -0.15) is 0 Å². The van der Waals surface area contributed by atoms with E-state index in [1.165, 1.54) is 6.08 Å². The Morgan fingerprint density at radius 1 is 0.912 bits per heavy atom.